The molecule has 130 valence electrons. The van der Waals surface area contributed by atoms with E-state index in [1.807, 2.05) is 30.3 Å². The fraction of sp³-hybridized carbons (Fsp3) is 0.389. The Labute approximate surface area is 147 Å². The average molecular weight is 339 g/mol. The van der Waals surface area contributed by atoms with Gasteiger partial charge in [0.2, 0.25) is 11.8 Å². The Morgan fingerprint density at radius 3 is 2.76 bits per heavy atom. The number of morpholine rings is 1. The highest BCUT2D eigenvalue weighted by molar-refractivity contribution is 5.54. The zero-order valence-corrected chi connectivity index (χ0v) is 14.2. The largest absolute Gasteiger partial charge is 0.457 e. The minimum absolute atomic E-state index is 0.143. The molecule has 0 radical (unpaired) electrons. The molecular formula is C18H21N5O2. The third-order valence-electron chi connectivity index (χ3n) is 3.95. The van der Waals surface area contributed by atoms with Gasteiger partial charge >= 0.3 is 0 Å². The van der Waals surface area contributed by atoms with Crippen LogP contribution < -0.4 is 10.1 Å². The summed E-state index contributed by atoms with van der Waals surface area (Å²) in [5, 5.41) is 12.5. The molecule has 1 saturated heterocycles. The molecular weight excluding hydrogens is 318 g/mol. The van der Waals surface area contributed by atoms with Crippen LogP contribution in [0.1, 0.15) is 18.9 Å². The van der Waals surface area contributed by atoms with E-state index in [1.54, 1.807) is 0 Å². The number of ether oxygens (including phenoxy) is 2. The van der Waals surface area contributed by atoms with Crippen LogP contribution in [0.15, 0.2) is 36.5 Å². The van der Waals surface area contributed by atoms with Gasteiger partial charge < -0.3 is 14.8 Å². The molecule has 1 atom stereocenters. The molecule has 1 aromatic carbocycles. The highest BCUT2D eigenvalue weighted by Crippen LogP contribution is 2.21. The van der Waals surface area contributed by atoms with E-state index in [9.17, 15) is 5.26 Å². The van der Waals surface area contributed by atoms with Gasteiger partial charge in [0.05, 0.1) is 19.4 Å². The summed E-state index contributed by atoms with van der Waals surface area (Å²) in [5.74, 6) is 0.700. The SMILES string of the molecule is CCC(Oc1nc(Nc2ccccc2)ncc1C#N)N1CCOCC1. The summed E-state index contributed by atoms with van der Waals surface area (Å²) < 4.78 is 11.5. The summed E-state index contributed by atoms with van der Waals surface area (Å²) in [7, 11) is 0. The van der Waals surface area contributed by atoms with Gasteiger partial charge in [-0.2, -0.15) is 10.2 Å². The minimum atomic E-state index is -0.143. The van der Waals surface area contributed by atoms with Crippen molar-refractivity contribution in [3.63, 3.8) is 0 Å². The van der Waals surface area contributed by atoms with Gasteiger partial charge in [-0.15, -0.1) is 0 Å². The summed E-state index contributed by atoms with van der Waals surface area (Å²) in [5.41, 5.74) is 1.20. The third-order valence-corrected chi connectivity index (χ3v) is 3.95. The Bertz CT molecular complexity index is 726. The van der Waals surface area contributed by atoms with Gasteiger partial charge in [-0.1, -0.05) is 25.1 Å². The third kappa shape index (κ3) is 4.44. The van der Waals surface area contributed by atoms with Crippen molar-refractivity contribution in [2.24, 2.45) is 0 Å². The van der Waals surface area contributed by atoms with E-state index in [4.69, 9.17) is 9.47 Å². The summed E-state index contributed by atoms with van der Waals surface area (Å²) in [6, 6.07) is 11.7. The molecule has 0 spiro atoms. The summed E-state index contributed by atoms with van der Waals surface area (Å²) in [6.07, 6.45) is 2.13. The first kappa shape index (κ1) is 17.1. The van der Waals surface area contributed by atoms with Crippen LogP contribution in [0, 0.1) is 11.3 Å². The molecule has 7 nitrogen and oxygen atoms in total. The van der Waals surface area contributed by atoms with Gasteiger partial charge in [0.15, 0.2) is 6.23 Å². The van der Waals surface area contributed by atoms with Crippen LogP contribution in [-0.2, 0) is 4.74 Å². The zero-order valence-electron chi connectivity index (χ0n) is 14.2. The van der Waals surface area contributed by atoms with Gasteiger partial charge in [0.1, 0.15) is 11.6 Å². The van der Waals surface area contributed by atoms with Crippen molar-refractivity contribution < 1.29 is 9.47 Å². The minimum Gasteiger partial charge on any atom is -0.457 e. The van der Waals surface area contributed by atoms with E-state index in [1.165, 1.54) is 6.20 Å². The number of hydrogen-bond acceptors (Lipinski definition) is 7. The molecule has 7 heteroatoms. The Morgan fingerprint density at radius 1 is 1.32 bits per heavy atom. The lowest BCUT2D eigenvalue weighted by molar-refractivity contribution is -0.0485. The number of nitriles is 1. The van der Waals surface area contributed by atoms with Gasteiger partial charge in [0.25, 0.3) is 0 Å². The fourth-order valence-corrected chi connectivity index (χ4v) is 2.65. The number of para-hydroxylation sites is 1. The van der Waals surface area contributed by atoms with Crippen LogP contribution in [0.5, 0.6) is 5.88 Å². The van der Waals surface area contributed by atoms with Crippen molar-refractivity contribution in [2.45, 2.75) is 19.6 Å². The van der Waals surface area contributed by atoms with E-state index in [2.05, 4.69) is 33.2 Å². The van der Waals surface area contributed by atoms with Crippen LogP contribution >= 0.6 is 0 Å². The number of aromatic nitrogens is 2. The molecule has 0 saturated carbocycles. The van der Waals surface area contributed by atoms with E-state index in [0.717, 1.165) is 25.2 Å². The highest BCUT2D eigenvalue weighted by atomic mass is 16.5. The van der Waals surface area contributed by atoms with Crippen LogP contribution in [0.3, 0.4) is 0 Å². The molecule has 1 unspecified atom stereocenters. The average Bonchev–Trinajstić information content (AvgIpc) is 2.68. The first-order valence-electron chi connectivity index (χ1n) is 8.38. The Balaban J connectivity index is 1.78. The van der Waals surface area contributed by atoms with E-state index < -0.39 is 0 Å². The molecule has 25 heavy (non-hydrogen) atoms. The molecule has 1 aromatic heterocycles. The molecule has 2 heterocycles. The van der Waals surface area contributed by atoms with Crippen LogP contribution in [0.4, 0.5) is 11.6 Å². The van der Waals surface area contributed by atoms with Crippen molar-refractivity contribution in [1.82, 2.24) is 14.9 Å². The maximum atomic E-state index is 9.33. The number of nitrogens with one attached hydrogen (secondary N) is 1. The topological polar surface area (TPSA) is 83.3 Å². The second-order valence-electron chi connectivity index (χ2n) is 5.64. The Kier molecular flexibility index (Phi) is 5.77. The van der Waals surface area contributed by atoms with Gasteiger partial charge in [-0.25, -0.2) is 4.98 Å². The van der Waals surface area contributed by atoms with Gasteiger partial charge in [-0.05, 0) is 18.6 Å². The number of nitrogens with zero attached hydrogens (tertiary/aromatic N) is 4. The first-order valence-corrected chi connectivity index (χ1v) is 8.38. The molecule has 0 aliphatic carbocycles. The van der Waals surface area contributed by atoms with Crippen molar-refractivity contribution >= 4 is 11.6 Å². The van der Waals surface area contributed by atoms with E-state index >= 15 is 0 Å². The second kappa shape index (κ2) is 8.42. The number of hydrogen-bond donors (Lipinski definition) is 1. The molecule has 1 N–H and O–H groups in total. The Morgan fingerprint density at radius 2 is 2.08 bits per heavy atom. The first-order chi connectivity index (χ1) is 12.3. The standard InChI is InChI=1S/C18H21N5O2/c1-2-16(23-8-10-24-11-9-23)25-17-14(12-19)13-20-18(22-17)21-15-6-4-3-5-7-15/h3-7,13,16H,2,8-11H2,1H3,(H,20,21,22). The lowest BCUT2D eigenvalue weighted by Gasteiger charge is -2.33. The van der Waals surface area contributed by atoms with Crippen molar-refractivity contribution in [3.8, 4) is 11.9 Å². The quantitative estimate of drug-likeness (QED) is 0.866. The molecule has 3 rings (SSSR count). The van der Waals surface area contributed by atoms with E-state index in [0.29, 0.717) is 30.6 Å². The normalized spacial score (nSPS) is 16.0. The monoisotopic (exact) mass is 339 g/mol. The fourth-order valence-electron chi connectivity index (χ4n) is 2.65. The van der Waals surface area contributed by atoms with Gasteiger partial charge in [0, 0.05) is 18.8 Å². The zero-order chi connectivity index (χ0) is 17.5. The maximum absolute atomic E-state index is 9.33. The molecule has 1 aliphatic rings. The predicted octanol–water partition coefficient (Wildman–Crippen LogP) is 2.54. The highest BCUT2D eigenvalue weighted by Gasteiger charge is 2.23. The van der Waals surface area contributed by atoms with Crippen LogP contribution in [-0.4, -0.2) is 47.4 Å². The van der Waals surface area contributed by atoms with Crippen molar-refractivity contribution in [2.75, 3.05) is 31.6 Å². The lowest BCUT2D eigenvalue weighted by atomic mass is 10.3. The number of rotatable bonds is 6. The predicted molar refractivity (Wildman–Crippen MR) is 93.6 cm³/mol. The Hall–Kier alpha value is -2.69. The molecule has 0 bridgehead atoms. The van der Waals surface area contributed by atoms with E-state index in [-0.39, 0.29) is 6.23 Å². The van der Waals surface area contributed by atoms with Crippen molar-refractivity contribution in [1.29, 1.82) is 5.26 Å². The summed E-state index contributed by atoms with van der Waals surface area (Å²) in [6.45, 7) is 5.04. The molecule has 1 aliphatic heterocycles. The summed E-state index contributed by atoms with van der Waals surface area (Å²) >= 11 is 0. The lowest BCUT2D eigenvalue weighted by Crippen LogP contribution is -2.46. The van der Waals surface area contributed by atoms with Crippen LogP contribution in [0.2, 0.25) is 0 Å². The number of anilines is 2. The molecule has 1 fully saturated rings. The smallest absolute Gasteiger partial charge is 0.238 e. The van der Waals surface area contributed by atoms with Crippen LogP contribution in [0.25, 0.3) is 0 Å². The van der Waals surface area contributed by atoms with Gasteiger partial charge in [-0.3, -0.25) is 4.90 Å². The molecule has 0 amide bonds. The van der Waals surface area contributed by atoms with Crippen molar-refractivity contribution in [3.05, 3.63) is 42.1 Å². The summed E-state index contributed by atoms with van der Waals surface area (Å²) in [4.78, 5) is 10.8. The maximum Gasteiger partial charge on any atom is 0.238 e. The molecule has 2 aromatic rings. The second-order valence-corrected chi connectivity index (χ2v) is 5.64. The number of benzene rings is 1.